The number of allylic oxidation sites excluding steroid dienone is 1. The minimum absolute atomic E-state index is 0.00312. The Kier molecular flexibility index (Phi) is 9.57. The molecule has 7 rings (SSSR count). The van der Waals surface area contributed by atoms with Crippen molar-refractivity contribution in [2.75, 3.05) is 40.4 Å². The van der Waals surface area contributed by atoms with Gasteiger partial charge in [-0.3, -0.25) is 19.4 Å². The van der Waals surface area contributed by atoms with Gasteiger partial charge in [-0.2, -0.15) is 5.26 Å². The number of benzene rings is 2. The first-order valence-electron chi connectivity index (χ1n) is 18.2. The molecule has 4 heterocycles. The molecule has 0 radical (unpaired) electrons. The smallest absolute Gasteiger partial charge is 0.264 e. The van der Waals surface area contributed by atoms with Gasteiger partial charge in [0, 0.05) is 68.3 Å². The highest BCUT2D eigenvalue weighted by Gasteiger charge is 2.51. The molecule has 1 saturated carbocycles. The fourth-order valence-electron chi connectivity index (χ4n) is 8.31. The number of nitrogens with zero attached hydrogens (tertiary/aromatic N) is 5. The summed E-state index contributed by atoms with van der Waals surface area (Å²) in [6.45, 7) is 13.2. The van der Waals surface area contributed by atoms with Gasteiger partial charge in [0.15, 0.2) is 0 Å². The van der Waals surface area contributed by atoms with Gasteiger partial charge in [0.05, 0.1) is 31.2 Å². The van der Waals surface area contributed by atoms with E-state index in [1.54, 1.807) is 43.2 Å². The van der Waals surface area contributed by atoms with E-state index >= 15 is 0 Å². The van der Waals surface area contributed by atoms with E-state index in [-0.39, 0.29) is 34.0 Å². The number of pyridine rings is 1. The summed E-state index contributed by atoms with van der Waals surface area (Å²) in [6, 6.07) is 14.7. The number of aryl methyl sites for hydroxylation is 1. The molecule has 1 unspecified atom stereocenters. The number of carbonyl (C=O) groups is 1. The number of hydrogen-bond donors (Lipinski definition) is 0. The Morgan fingerprint density at radius 1 is 1.08 bits per heavy atom. The highest BCUT2D eigenvalue weighted by Crippen LogP contribution is 2.47. The van der Waals surface area contributed by atoms with Crippen LogP contribution in [0.4, 0.5) is 0 Å². The summed E-state index contributed by atoms with van der Waals surface area (Å²) >= 11 is 1.57. The first-order chi connectivity index (χ1) is 24.9. The van der Waals surface area contributed by atoms with Gasteiger partial charge >= 0.3 is 0 Å². The van der Waals surface area contributed by atoms with Crippen LogP contribution in [0.25, 0.3) is 21.2 Å². The minimum atomic E-state index is -0.251. The summed E-state index contributed by atoms with van der Waals surface area (Å²) < 4.78 is 14.6. The molecule has 9 nitrogen and oxygen atoms in total. The molecule has 4 aromatic rings. The Labute approximate surface area is 310 Å². The lowest BCUT2D eigenvalue weighted by atomic mass is 9.88. The van der Waals surface area contributed by atoms with E-state index < -0.39 is 0 Å². The Balaban J connectivity index is 1.08. The number of fused-ring (bicyclic) bond motifs is 2. The third-order valence-corrected chi connectivity index (χ3v) is 12.1. The summed E-state index contributed by atoms with van der Waals surface area (Å²) in [5.41, 5.74) is 6.99. The molecule has 3 aliphatic rings. The number of rotatable bonds is 8. The summed E-state index contributed by atoms with van der Waals surface area (Å²) in [5, 5.41) is 12.5. The third kappa shape index (κ3) is 6.66. The Morgan fingerprint density at radius 2 is 1.81 bits per heavy atom. The molecule has 1 spiro atoms. The van der Waals surface area contributed by atoms with Gasteiger partial charge in [-0.05, 0) is 77.4 Å². The van der Waals surface area contributed by atoms with Crippen LogP contribution < -0.4 is 15.0 Å². The van der Waals surface area contributed by atoms with E-state index in [4.69, 9.17) is 9.47 Å². The van der Waals surface area contributed by atoms with Crippen LogP contribution in [0.1, 0.15) is 68.8 Å². The lowest BCUT2D eigenvalue weighted by molar-refractivity contribution is -0.129. The Hall–Kier alpha value is -4.43. The average molecular weight is 720 g/mol. The predicted molar refractivity (Wildman–Crippen MR) is 207 cm³/mol. The summed E-state index contributed by atoms with van der Waals surface area (Å²) in [6.07, 6.45) is 6.83. The molecule has 1 atom stereocenters. The van der Waals surface area contributed by atoms with Crippen molar-refractivity contribution >= 4 is 27.3 Å². The largest absolute Gasteiger partial charge is 0.496 e. The maximum Gasteiger partial charge on any atom is 0.264 e. The van der Waals surface area contributed by atoms with E-state index in [0.717, 1.165) is 77.4 Å². The van der Waals surface area contributed by atoms with Gasteiger partial charge in [0.25, 0.3) is 11.5 Å². The summed E-state index contributed by atoms with van der Waals surface area (Å²) in [7, 11) is 5.22. The second-order valence-electron chi connectivity index (χ2n) is 15.8. The van der Waals surface area contributed by atoms with Crippen LogP contribution in [0.2, 0.25) is 0 Å². The SMILES string of the molecule is COc1cc(-c2cn(C)c(=O)c3ccsc23)cc(OC)c1CN1CCN(Cc2cccc3c2CCN(C(=O)/C(C#N)=C/C(C)(C)C)C3C)C2(CC2)C1. The summed E-state index contributed by atoms with van der Waals surface area (Å²) in [4.78, 5) is 33.3. The van der Waals surface area contributed by atoms with Crippen molar-refractivity contribution in [1.82, 2.24) is 19.3 Å². The molecule has 10 heteroatoms. The number of amides is 1. The van der Waals surface area contributed by atoms with Crippen LogP contribution in [-0.2, 0) is 31.4 Å². The van der Waals surface area contributed by atoms with Crippen molar-refractivity contribution in [3.63, 3.8) is 0 Å². The fourth-order valence-corrected chi connectivity index (χ4v) is 9.23. The highest BCUT2D eigenvalue weighted by molar-refractivity contribution is 7.17. The number of carbonyl (C=O) groups excluding carboxylic acids is 1. The molecule has 52 heavy (non-hydrogen) atoms. The van der Waals surface area contributed by atoms with Crippen molar-refractivity contribution < 1.29 is 14.3 Å². The van der Waals surface area contributed by atoms with Gasteiger partial charge in [0.2, 0.25) is 0 Å². The zero-order chi connectivity index (χ0) is 36.9. The standard InChI is InChI=1S/C42H49N5O4S/c1-27-31-10-8-9-28(32(31)11-15-47(27)39(48)30(22-43)21-41(2,3)4)23-46-17-16-45(26-42(46)13-14-42)25-35-36(50-6)19-29(20-37(35)51-7)34-24-44(5)40(49)33-12-18-52-38(33)34/h8-10,12,18-21,24,27H,11,13-17,23,25-26H2,1-7H3/b30-21+. The number of methoxy groups -OCH3 is 2. The van der Waals surface area contributed by atoms with E-state index in [0.29, 0.717) is 6.54 Å². The third-order valence-electron chi connectivity index (χ3n) is 11.2. The maximum absolute atomic E-state index is 13.5. The van der Waals surface area contributed by atoms with Crippen LogP contribution >= 0.6 is 11.3 Å². The fraction of sp³-hybridized carbons (Fsp3) is 0.452. The van der Waals surface area contributed by atoms with Gasteiger partial charge < -0.3 is 18.9 Å². The van der Waals surface area contributed by atoms with E-state index in [2.05, 4.69) is 53.1 Å². The molecule has 2 aliphatic heterocycles. The van der Waals surface area contributed by atoms with Crippen LogP contribution in [0, 0.1) is 16.7 Å². The zero-order valence-electron chi connectivity index (χ0n) is 31.4. The van der Waals surface area contributed by atoms with Crippen LogP contribution in [0.5, 0.6) is 11.5 Å². The van der Waals surface area contributed by atoms with Crippen molar-refractivity contribution in [2.24, 2.45) is 12.5 Å². The molecule has 2 fully saturated rings. The molecule has 1 amide bonds. The molecule has 2 aromatic heterocycles. The van der Waals surface area contributed by atoms with Gasteiger partial charge in [0.1, 0.15) is 23.1 Å². The Morgan fingerprint density at radius 3 is 2.46 bits per heavy atom. The number of thiophene rings is 1. The highest BCUT2D eigenvalue weighted by atomic mass is 32.1. The normalized spacial score (nSPS) is 19.1. The molecule has 0 N–H and O–H groups in total. The molecule has 1 saturated heterocycles. The van der Waals surface area contributed by atoms with Crippen LogP contribution in [0.15, 0.2) is 64.4 Å². The molecule has 2 aromatic carbocycles. The van der Waals surface area contributed by atoms with Gasteiger partial charge in [-0.1, -0.05) is 45.0 Å². The van der Waals surface area contributed by atoms with E-state index in [9.17, 15) is 14.9 Å². The van der Waals surface area contributed by atoms with E-state index in [1.807, 2.05) is 43.3 Å². The van der Waals surface area contributed by atoms with Gasteiger partial charge in [-0.15, -0.1) is 11.3 Å². The number of piperazine rings is 1. The van der Waals surface area contributed by atoms with Gasteiger partial charge in [-0.25, -0.2) is 0 Å². The summed E-state index contributed by atoms with van der Waals surface area (Å²) in [5.74, 6) is 1.39. The van der Waals surface area contributed by atoms with Crippen molar-refractivity contribution in [3.05, 3.63) is 92.2 Å². The minimum Gasteiger partial charge on any atom is -0.496 e. The molecule has 272 valence electrons. The average Bonchev–Trinajstić information content (AvgIpc) is 3.70. The first-order valence-corrected chi connectivity index (χ1v) is 19.1. The van der Waals surface area contributed by atoms with Crippen LogP contribution in [0.3, 0.4) is 0 Å². The number of aromatic nitrogens is 1. The quantitative estimate of drug-likeness (QED) is 0.142. The molecule has 1 aliphatic carbocycles. The second kappa shape index (κ2) is 13.8. The first kappa shape index (κ1) is 36.0. The molecular weight excluding hydrogens is 671 g/mol. The Bertz CT molecular complexity index is 2140. The molecular formula is C42H49N5O4S. The van der Waals surface area contributed by atoms with Crippen molar-refractivity contribution in [2.45, 2.75) is 71.6 Å². The lowest BCUT2D eigenvalue weighted by Gasteiger charge is -2.43. The monoisotopic (exact) mass is 719 g/mol. The maximum atomic E-state index is 13.5. The van der Waals surface area contributed by atoms with Crippen molar-refractivity contribution in [3.8, 4) is 28.7 Å². The predicted octanol–water partition coefficient (Wildman–Crippen LogP) is 7.08. The molecule has 0 bridgehead atoms. The number of ether oxygens (including phenoxy) is 2. The lowest BCUT2D eigenvalue weighted by Crippen LogP contribution is -2.54. The second-order valence-corrected chi connectivity index (χ2v) is 16.7. The van der Waals surface area contributed by atoms with E-state index in [1.165, 1.54) is 29.5 Å². The topological polar surface area (TPSA) is 91.0 Å². The zero-order valence-corrected chi connectivity index (χ0v) is 32.2. The number of hydrogen-bond acceptors (Lipinski definition) is 8. The van der Waals surface area contributed by atoms with Crippen molar-refractivity contribution in [1.29, 1.82) is 5.26 Å². The number of nitriles is 1. The van der Waals surface area contributed by atoms with Crippen LogP contribution in [-0.4, -0.2) is 71.1 Å².